The molecular weight excluding hydrogens is 380 g/mol. The first-order chi connectivity index (χ1) is 12.2. The molecule has 25 heavy (non-hydrogen) atoms. The zero-order valence-electron chi connectivity index (χ0n) is 13.3. The van der Waals surface area contributed by atoms with Gasteiger partial charge >= 0.3 is 0 Å². The average molecular weight is 395 g/mol. The number of nitrogens with zero attached hydrogens (tertiary/aromatic N) is 2. The number of benzene rings is 2. The maximum absolute atomic E-state index is 11.6. The highest BCUT2D eigenvalue weighted by molar-refractivity contribution is 9.10. The molecule has 4 rings (SSSR count). The maximum atomic E-state index is 11.6. The highest BCUT2D eigenvalue weighted by Gasteiger charge is 2.26. The highest BCUT2D eigenvalue weighted by atomic mass is 79.9. The summed E-state index contributed by atoms with van der Waals surface area (Å²) in [5.74, 6) is -0.102. The molecule has 1 atom stereocenters. The lowest BCUT2D eigenvalue weighted by Crippen LogP contribution is -2.09. The molecule has 1 aromatic heterocycles. The quantitative estimate of drug-likeness (QED) is 0.656. The molecule has 2 N–H and O–H groups in total. The predicted molar refractivity (Wildman–Crippen MR) is 103 cm³/mol. The van der Waals surface area contributed by atoms with Gasteiger partial charge in [-0.1, -0.05) is 28.6 Å². The SMILES string of the molecule is C=CC(=O)Nc1ccc2ncnc(C3CNc4cc(Br)ccc43)c2c1. The fraction of sp³-hybridized carbons (Fsp3) is 0.105. The highest BCUT2D eigenvalue weighted by Crippen LogP contribution is 2.39. The van der Waals surface area contributed by atoms with Crippen LogP contribution in [0, 0.1) is 0 Å². The summed E-state index contributed by atoms with van der Waals surface area (Å²) in [4.78, 5) is 20.5. The average Bonchev–Trinajstić information content (AvgIpc) is 3.03. The molecule has 0 spiro atoms. The van der Waals surface area contributed by atoms with E-state index in [-0.39, 0.29) is 11.8 Å². The maximum Gasteiger partial charge on any atom is 0.247 e. The monoisotopic (exact) mass is 394 g/mol. The van der Waals surface area contributed by atoms with E-state index in [1.54, 1.807) is 6.33 Å². The van der Waals surface area contributed by atoms with Gasteiger partial charge in [0.1, 0.15) is 6.33 Å². The van der Waals surface area contributed by atoms with Gasteiger partial charge in [-0.25, -0.2) is 9.97 Å². The van der Waals surface area contributed by atoms with Gasteiger partial charge in [-0.15, -0.1) is 0 Å². The van der Waals surface area contributed by atoms with Crippen LogP contribution in [0.5, 0.6) is 0 Å². The van der Waals surface area contributed by atoms with Gasteiger partial charge in [0, 0.05) is 33.7 Å². The Morgan fingerprint density at radius 3 is 3.00 bits per heavy atom. The molecule has 1 aliphatic heterocycles. The summed E-state index contributed by atoms with van der Waals surface area (Å²) in [6.07, 6.45) is 2.85. The van der Waals surface area contributed by atoms with Crippen LogP contribution in [0.25, 0.3) is 10.9 Å². The van der Waals surface area contributed by atoms with Gasteiger partial charge in [-0.3, -0.25) is 4.79 Å². The van der Waals surface area contributed by atoms with Crippen LogP contribution < -0.4 is 10.6 Å². The Labute approximate surface area is 153 Å². The van der Waals surface area contributed by atoms with E-state index in [0.717, 1.165) is 33.3 Å². The molecule has 0 saturated heterocycles. The van der Waals surface area contributed by atoms with Gasteiger partial charge in [0.15, 0.2) is 0 Å². The fourth-order valence-electron chi connectivity index (χ4n) is 3.18. The summed E-state index contributed by atoms with van der Waals surface area (Å²) in [5.41, 5.74) is 4.84. The summed E-state index contributed by atoms with van der Waals surface area (Å²) in [6, 6.07) is 11.9. The Kier molecular flexibility index (Phi) is 3.97. The zero-order chi connectivity index (χ0) is 17.4. The van der Waals surface area contributed by atoms with E-state index in [1.807, 2.05) is 24.3 Å². The Morgan fingerprint density at radius 1 is 1.28 bits per heavy atom. The van der Waals surface area contributed by atoms with Crippen LogP contribution in [0.2, 0.25) is 0 Å². The van der Waals surface area contributed by atoms with Gasteiger partial charge in [0.05, 0.1) is 11.2 Å². The normalized spacial score (nSPS) is 15.5. The second kappa shape index (κ2) is 6.29. The van der Waals surface area contributed by atoms with E-state index in [0.29, 0.717) is 5.69 Å². The number of nitrogens with one attached hydrogen (secondary N) is 2. The number of carbonyl (C=O) groups excluding carboxylic acids is 1. The third-order valence-electron chi connectivity index (χ3n) is 4.34. The molecule has 0 radical (unpaired) electrons. The molecule has 124 valence electrons. The minimum Gasteiger partial charge on any atom is -0.384 e. The lowest BCUT2D eigenvalue weighted by atomic mass is 9.94. The van der Waals surface area contributed by atoms with Crippen molar-refractivity contribution in [3.05, 3.63) is 71.1 Å². The summed E-state index contributed by atoms with van der Waals surface area (Å²) in [5, 5.41) is 7.17. The number of hydrogen-bond acceptors (Lipinski definition) is 4. The molecule has 2 heterocycles. The van der Waals surface area contributed by atoms with E-state index >= 15 is 0 Å². The Hall–Kier alpha value is -2.73. The Bertz CT molecular complexity index is 1000. The molecule has 0 saturated carbocycles. The first kappa shape index (κ1) is 15.8. The summed E-state index contributed by atoms with van der Waals surface area (Å²) < 4.78 is 1.04. The first-order valence-electron chi connectivity index (χ1n) is 7.87. The van der Waals surface area contributed by atoms with Crippen LogP contribution in [-0.2, 0) is 4.79 Å². The molecule has 1 unspecified atom stereocenters. The molecule has 5 nitrogen and oxygen atoms in total. The molecule has 1 amide bonds. The summed E-state index contributed by atoms with van der Waals surface area (Å²) >= 11 is 3.51. The van der Waals surface area contributed by atoms with E-state index in [1.165, 1.54) is 11.6 Å². The standard InChI is InChI=1S/C19H15BrN4O/c1-2-18(25)24-12-4-6-16-14(8-12)19(23-10-22-16)15-9-21-17-7-11(20)3-5-13(15)17/h2-8,10,15,21H,1,9H2,(H,24,25). The van der Waals surface area contributed by atoms with Crippen molar-refractivity contribution in [1.29, 1.82) is 0 Å². The van der Waals surface area contributed by atoms with Crippen LogP contribution in [0.1, 0.15) is 17.2 Å². The van der Waals surface area contributed by atoms with Crippen LogP contribution in [0.3, 0.4) is 0 Å². The smallest absolute Gasteiger partial charge is 0.247 e. The number of anilines is 2. The summed E-state index contributed by atoms with van der Waals surface area (Å²) in [7, 11) is 0. The largest absolute Gasteiger partial charge is 0.384 e. The van der Waals surface area contributed by atoms with E-state index in [9.17, 15) is 4.79 Å². The van der Waals surface area contributed by atoms with Crippen molar-refractivity contribution in [2.45, 2.75) is 5.92 Å². The van der Waals surface area contributed by atoms with Crippen molar-refractivity contribution in [3.63, 3.8) is 0 Å². The van der Waals surface area contributed by atoms with Crippen molar-refractivity contribution in [2.24, 2.45) is 0 Å². The van der Waals surface area contributed by atoms with Gasteiger partial charge < -0.3 is 10.6 Å². The van der Waals surface area contributed by atoms with Crippen molar-refractivity contribution in [1.82, 2.24) is 9.97 Å². The molecular formula is C19H15BrN4O. The molecule has 3 aromatic rings. The molecule has 1 aliphatic rings. The van der Waals surface area contributed by atoms with E-state index < -0.39 is 0 Å². The van der Waals surface area contributed by atoms with Gasteiger partial charge in [-0.2, -0.15) is 0 Å². The lowest BCUT2D eigenvalue weighted by Gasteiger charge is -2.13. The topological polar surface area (TPSA) is 66.9 Å². The molecule has 6 heteroatoms. The summed E-state index contributed by atoms with van der Waals surface area (Å²) in [6.45, 7) is 4.26. The first-order valence-corrected chi connectivity index (χ1v) is 8.66. The number of amides is 1. The van der Waals surface area contributed by atoms with Gasteiger partial charge in [0.25, 0.3) is 0 Å². The minimum atomic E-state index is -0.240. The number of aromatic nitrogens is 2. The predicted octanol–water partition coefficient (Wildman–Crippen LogP) is 4.07. The number of hydrogen-bond donors (Lipinski definition) is 2. The number of rotatable bonds is 3. The van der Waals surface area contributed by atoms with Gasteiger partial charge in [0.2, 0.25) is 5.91 Å². The van der Waals surface area contributed by atoms with Crippen molar-refractivity contribution in [2.75, 3.05) is 17.2 Å². The molecule has 0 aliphatic carbocycles. The number of fused-ring (bicyclic) bond motifs is 2. The second-order valence-electron chi connectivity index (χ2n) is 5.85. The van der Waals surface area contributed by atoms with Crippen LogP contribution in [-0.4, -0.2) is 22.4 Å². The molecule has 0 fully saturated rings. The zero-order valence-corrected chi connectivity index (χ0v) is 14.9. The van der Waals surface area contributed by atoms with Crippen molar-refractivity contribution in [3.8, 4) is 0 Å². The minimum absolute atomic E-state index is 0.138. The number of carbonyl (C=O) groups is 1. The second-order valence-corrected chi connectivity index (χ2v) is 6.76. The van der Waals surface area contributed by atoms with E-state index in [4.69, 9.17) is 0 Å². The Balaban J connectivity index is 1.81. The lowest BCUT2D eigenvalue weighted by molar-refractivity contribution is -0.111. The fourth-order valence-corrected chi connectivity index (χ4v) is 3.54. The van der Waals surface area contributed by atoms with Crippen LogP contribution in [0.15, 0.2) is 59.9 Å². The number of halogens is 1. The third kappa shape index (κ3) is 2.89. The Morgan fingerprint density at radius 2 is 2.16 bits per heavy atom. The van der Waals surface area contributed by atoms with Crippen LogP contribution in [0.4, 0.5) is 11.4 Å². The molecule has 2 aromatic carbocycles. The molecule has 0 bridgehead atoms. The van der Waals surface area contributed by atoms with Crippen molar-refractivity contribution < 1.29 is 4.79 Å². The van der Waals surface area contributed by atoms with Crippen molar-refractivity contribution >= 4 is 44.1 Å². The van der Waals surface area contributed by atoms with Crippen LogP contribution >= 0.6 is 15.9 Å². The third-order valence-corrected chi connectivity index (χ3v) is 4.83. The van der Waals surface area contributed by atoms with Gasteiger partial charge in [-0.05, 0) is 42.0 Å². The van der Waals surface area contributed by atoms with E-state index in [2.05, 4.69) is 55.2 Å².